The Morgan fingerprint density at radius 1 is 1.19 bits per heavy atom. The van der Waals surface area contributed by atoms with Crippen LogP contribution in [0.3, 0.4) is 0 Å². The summed E-state index contributed by atoms with van der Waals surface area (Å²) in [4.78, 5) is 50.9. The van der Waals surface area contributed by atoms with E-state index in [0.29, 0.717) is 31.6 Å². The number of amides is 3. The Balaban J connectivity index is 2.13. The van der Waals surface area contributed by atoms with Gasteiger partial charge in [-0.3, -0.25) is 14.4 Å². The number of nitrogens with zero attached hydrogens (tertiary/aromatic N) is 1. The number of hydrogen-bond donors (Lipinski definition) is 4. The fourth-order valence-electron chi connectivity index (χ4n) is 3.57. The van der Waals surface area contributed by atoms with Gasteiger partial charge in [0.25, 0.3) is 0 Å². The molecule has 0 aromatic heterocycles. The van der Waals surface area contributed by atoms with Crippen LogP contribution in [-0.2, 0) is 25.6 Å². The third-order valence-corrected chi connectivity index (χ3v) is 5.81. The molecule has 31 heavy (non-hydrogen) atoms. The Hall–Kier alpha value is -2.59. The van der Waals surface area contributed by atoms with Crippen molar-refractivity contribution in [1.82, 2.24) is 15.5 Å². The van der Waals surface area contributed by atoms with Crippen LogP contribution in [0.4, 0.5) is 0 Å². The molecule has 10 heteroatoms. The van der Waals surface area contributed by atoms with Crippen LogP contribution in [0.25, 0.3) is 0 Å². The highest BCUT2D eigenvalue weighted by atomic mass is 32.2. The molecule has 9 nitrogen and oxygen atoms in total. The number of benzene rings is 1. The number of nitrogens with two attached hydrogens (primary N) is 1. The van der Waals surface area contributed by atoms with Crippen LogP contribution in [0.2, 0.25) is 0 Å². The summed E-state index contributed by atoms with van der Waals surface area (Å²) in [6, 6.07) is 6.61. The minimum absolute atomic E-state index is 0.252. The first-order valence-corrected chi connectivity index (χ1v) is 11.6. The maximum absolute atomic E-state index is 13.3. The number of nitrogens with one attached hydrogen (secondary N) is 2. The molecule has 1 aliphatic heterocycles. The lowest BCUT2D eigenvalue weighted by Crippen LogP contribution is -2.56. The lowest BCUT2D eigenvalue weighted by atomic mass is 10.0. The number of thioether (sulfide) groups is 1. The summed E-state index contributed by atoms with van der Waals surface area (Å²) in [6.07, 6.45) is 3.49. The Kier molecular flexibility index (Phi) is 9.80. The summed E-state index contributed by atoms with van der Waals surface area (Å²) in [7, 11) is 0. The second-order valence-corrected chi connectivity index (χ2v) is 8.37. The monoisotopic (exact) mass is 450 g/mol. The zero-order valence-corrected chi connectivity index (χ0v) is 18.4. The van der Waals surface area contributed by atoms with Crippen LogP contribution in [0, 0.1) is 0 Å². The van der Waals surface area contributed by atoms with E-state index in [0.717, 1.165) is 5.56 Å². The molecule has 1 fully saturated rings. The summed E-state index contributed by atoms with van der Waals surface area (Å²) in [5.74, 6) is -1.83. The largest absolute Gasteiger partial charge is 0.480 e. The lowest BCUT2D eigenvalue weighted by molar-refractivity contribution is -0.144. The highest BCUT2D eigenvalue weighted by Crippen LogP contribution is 2.20. The van der Waals surface area contributed by atoms with E-state index in [9.17, 15) is 24.3 Å². The summed E-state index contributed by atoms with van der Waals surface area (Å²) in [5, 5.41) is 14.6. The number of rotatable bonds is 11. The van der Waals surface area contributed by atoms with Crippen molar-refractivity contribution in [3.8, 4) is 0 Å². The molecule has 1 aromatic carbocycles. The minimum Gasteiger partial charge on any atom is -0.480 e. The molecule has 3 amide bonds. The van der Waals surface area contributed by atoms with Crippen molar-refractivity contribution < 1.29 is 24.3 Å². The highest BCUT2D eigenvalue weighted by molar-refractivity contribution is 7.98. The van der Waals surface area contributed by atoms with Gasteiger partial charge in [-0.25, -0.2) is 4.79 Å². The van der Waals surface area contributed by atoms with Gasteiger partial charge in [-0.05, 0) is 36.8 Å². The van der Waals surface area contributed by atoms with Crippen molar-refractivity contribution >= 4 is 35.5 Å². The maximum Gasteiger partial charge on any atom is 0.326 e. The zero-order chi connectivity index (χ0) is 22.8. The predicted molar refractivity (Wildman–Crippen MR) is 118 cm³/mol. The quantitative estimate of drug-likeness (QED) is 0.371. The SMILES string of the molecule is CSCCC(NC(=O)C1CCCN1C(=O)C(Cc1ccccc1)NC(=O)CN)C(=O)O. The molecule has 0 radical (unpaired) electrons. The molecule has 0 saturated carbocycles. The van der Waals surface area contributed by atoms with E-state index in [1.165, 1.54) is 16.7 Å². The normalized spacial score (nSPS) is 17.6. The van der Waals surface area contributed by atoms with Gasteiger partial charge < -0.3 is 26.4 Å². The first-order chi connectivity index (χ1) is 14.9. The average molecular weight is 451 g/mol. The van der Waals surface area contributed by atoms with Gasteiger partial charge in [-0.15, -0.1) is 0 Å². The number of carboxylic acids is 1. The predicted octanol–water partition coefficient (Wildman–Crippen LogP) is -0.0139. The number of carboxylic acid groups (broad SMARTS) is 1. The summed E-state index contributed by atoms with van der Waals surface area (Å²) >= 11 is 1.50. The molecule has 0 bridgehead atoms. The van der Waals surface area contributed by atoms with E-state index >= 15 is 0 Å². The zero-order valence-electron chi connectivity index (χ0n) is 17.6. The Morgan fingerprint density at radius 3 is 2.52 bits per heavy atom. The number of carbonyl (C=O) groups is 4. The molecular weight excluding hydrogens is 420 g/mol. The summed E-state index contributed by atoms with van der Waals surface area (Å²) in [6.45, 7) is 0.113. The van der Waals surface area contributed by atoms with Crippen LogP contribution in [0.5, 0.6) is 0 Å². The number of aliphatic carboxylic acids is 1. The molecule has 3 atom stereocenters. The standard InChI is InChI=1S/C21H30N4O5S/c1-31-11-9-15(21(29)30)24-19(27)17-8-5-10-25(17)20(28)16(23-18(26)13-22)12-14-6-3-2-4-7-14/h2-4,6-7,15-17H,5,8-13,22H2,1H3,(H,23,26)(H,24,27)(H,29,30). The van der Waals surface area contributed by atoms with Crippen molar-refractivity contribution in [3.63, 3.8) is 0 Å². The first-order valence-electron chi connectivity index (χ1n) is 10.2. The molecule has 1 heterocycles. The number of likely N-dealkylation sites (tertiary alicyclic amines) is 1. The average Bonchev–Trinajstić information content (AvgIpc) is 3.26. The lowest BCUT2D eigenvalue weighted by Gasteiger charge is -2.29. The van der Waals surface area contributed by atoms with Crippen LogP contribution in [0.15, 0.2) is 30.3 Å². The van der Waals surface area contributed by atoms with Gasteiger partial charge in [0.2, 0.25) is 17.7 Å². The summed E-state index contributed by atoms with van der Waals surface area (Å²) in [5.41, 5.74) is 6.27. The Morgan fingerprint density at radius 2 is 1.90 bits per heavy atom. The van der Waals surface area contributed by atoms with Crippen molar-refractivity contribution in [2.45, 2.75) is 43.8 Å². The smallest absolute Gasteiger partial charge is 0.326 e. The molecule has 0 spiro atoms. The number of hydrogen-bond acceptors (Lipinski definition) is 6. The van der Waals surface area contributed by atoms with Gasteiger partial charge in [-0.1, -0.05) is 30.3 Å². The van der Waals surface area contributed by atoms with Crippen molar-refractivity contribution in [1.29, 1.82) is 0 Å². The molecule has 170 valence electrons. The molecular formula is C21H30N4O5S. The van der Waals surface area contributed by atoms with E-state index in [2.05, 4.69) is 10.6 Å². The minimum atomic E-state index is -1.10. The molecule has 1 aromatic rings. The van der Waals surface area contributed by atoms with Crippen LogP contribution >= 0.6 is 11.8 Å². The van der Waals surface area contributed by atoms with Crippen LogP contribution < -0.4 is 16.4 Å². The van der Waals surface area contributed by atoms with Crippen LogP contribution in [0.1, 0.15) is 24.8 Å². The van der Waals surface area contributed by atoms with Gasteiger partial charge in [-0.2, -0.15) is 11.8 Å². The van der Waals surface area contributed by atoms with Crippen molar-refractivity contribution in [2.75, 3.05) is 25.1 Å². The molecule has 3 unspecified atom stereocenters. The molecule has 1 saturated heterocycles. The highest BCUT2D eigenvalue weighted by Gasteiger charge is 2.38. The van der Waals surface area contributed by atoms with Crippen molar-refractivity contribution in [2.24, 2.45) is 5.73 Å². The van der Waals surface area contributed by atoms with Gasteiger partial charge in [0.1, 0.15) is 18.1 Å². The Bertz CT molecular complexity index is 776. The van der Waals surface area contributed by atoms with E-state index in [1.54, 1.807) is 0 Å². The van der Waals surface area contributed by atoms with E-state index in [1.807, 2.05) is 36.6 Å². The molecule has 0 aliphatic carbocycles. The molecule has 5 N–H and O–H groups in total. The molecule has 1 aliphatic rings. The van der Waals surface area contributed by atoms with Gasteiger partial charge in [0.05, 0.1) is 6.54 Å². The van der Waals surface area contributed by atoms with Crippen LogP contribution in [-0.4, -0.2) is 76.9 Å². The third kappa shape index (κ3) is 7.25. The van der Waals surface area contributed by atoms with E-state index < -0.39 is 35.9 Å². The topological polar surface area (TPSA) is 142 Å². The molecule has 2 rings (SSSR count). The summed E-state index contributed by atoms with van der Waals surface area (Å²) < 4.78 is 0. The fourth-order valence-corrected chi connectivity index (χ4v) is 4.04. The first kappa shape index (κ1) is 24.7. The van der Waals surface area contributed by atoms with Gasteiger partial charge in [0, 0.05) is 13.0 Å². The van der Waals surface area contributed by atoms with E-state index in [4.69, 9.17) is 5.73 Å². The van der Waals surface area contributed by atoms with E-state index in [-0.39, 0.29) is 18.9 Å². The maximum atomic E-state index is 13.3. The van der Waals surface area contributed by atoms with Crippen molar-refractivity contribution in [3.05, 3.63) is 35.9 Å². The second kappa shape index (κ2) is 12.3. The number of carbonyl (C=O) groups excluding carboxylic acids is 3. The fraction of sp³-hybridized carbons (Fsp3) is 0.524. The second-order valence-electron chi connectivity index (χ2n) is 7.38. The Labute approximate surface area is 186 Å². The van der Waals surface area contributed by atoms with Gasteiger partial charge in [0.15, 0.2) is 0 Å². The third-order valence-electron chi connectivity index (χ3n) is 5.17. The van der Waals surface area contributed by atoms with Gasteiger partial charge >= 0.3 is 5.97 Å².